The Hall–Kier alpha value is -1.85. The van der Waals surface area contributed by atoms with Crippen LogP contribution in [-0.2, 0) is 6.42 Å². The second-order valence-electron chi connectivity index (χ2n) is 7.20. The quantitative estimate of drug-likeness (QED) is 0.811. The third-order valence-corrected chi connectivity index (χ3v) is 6.27. The van der Waals surface area contributed by atoms with Crippen LogP contribution in [0.1, 0.15) is 31.9 Å². The van der Waals surface area contributed by atoms with E-state index >= 15 is 0 Å². The van der Waals surface area contributed by atoms with Gasteiger partial charge in [0, 0.05) is 42.8 Å². The molecule has 1 aliphatic heterocycles. The van der Waals surface area contributed by atoms with Gasteiger partial charge in [0.1, 0.15) is 0 Å². The lowest BCUT2D eigenvalue weighted by atomic mass is 9.81. The SMILES string of the molecule is CCN(CC)C(=S)N[C@H]1C=C2c3cccc4[nH]cc(c34)C[C@H]2N(CC)C1. The van der Waals surface area contributed by atoms with E-state index in [1.165, 1.54) is 27.6 Å². The number of fused-ring (bicyclic) bond motifs is 2. The topological polar surface area (TPSA) is 34.3 Å². The Kier molecular flexibility index (Phi) is 4.76. The molecule has 0 amide bonds. The fraction of sp³-hybridized carbons (Fsp3) is 0.476. The number of likely N-dealkylation sites (N-methyl/N-ethyl adjacent to an activating group) is 1. The molecule has 2 aromatic rings. The van der Waals surface area contributed by atoms with E-state index in [4.69, 9.17) is 12.2 Å². The minimum Gasteiger partial charge on any atom is -0.361 e. The number of nitrogens with one attached hydrogen (secondary N) is 2. The largest absolute Gasteiger partial charge is 0.361 e. The van der Waals surface area contributed by atoms with Gasteiger partial charge in [-0.05, 0) is 61.8 Å². The molecule has 2 N–H and O–H groups in total. The molecule has 0 radical (unpaired) electrons. The van der Waals surface area contributed by atoms with Crippen LogP contribution < -0.4 is 5.32 Å². The van der Waals surface area contributed by atoms with Gasteiger partial charge in [-0.1, -0.05) is 25.1 Å². The number of rotatable bonds is 4. The van der Waals surface area contributed by atoms with Crippen LogP contribution in [0, 0.1) is 0 Å². The van der Waals surface area contributed by atoms with E-state index in [2.05, 4.69) is 71.3 Å². The van der Waals surface area contributed by atoms with E-state index in [0.29, 0.717) is 6.04 Å². The summed E-state index contributed by atoms with van der Waals surface area (Å²) in [6, 6.07) is 7.33. The van der Waals surface area contributed by atoms with Crippen LogP contribution in [0.2, 0.25) is 0 Å². The van der Waals surface area contributed by atoms with Crippen molar-refractivity contribution in [2.75, 3.05) is 26.2 Å². The molecule has 2 heterocycles. The predicted molar refractivity (Wildman–Crippen MR) is 113 cm³/mol. The van der Waals surface area contributed by atoms with Crippen LogP contribution in [0.25, 0.3) is 16.5 Å². The van der Waals surface area contributed by atoms with Crippen molar-refractivity contribution in [1.29, 1.82) is 0 Å². The Balaban J connectivity index is 1.71. The molecule has 26 heavy (non-hydrogen) atoms. The summed E-state index contributed by atoms with van der Waals surface area (Å²) in [5.41, 5.74) is 5.53. The van der Waals surface area contributed by atoms with E-state index in [-0.39, 0.29) is 6.04 Å². The van der Waals surface area contributed by atoms with Crippen molar-refractivity contribution in [2.45, 2.75) is 39.3 Å². The Morgan fingerprint density at radius 1 is 1.31 bits per heavy atom. The first-order valence-electron chi connectivity index (χ1n) is 9.76. The zero-order chi connectivity index (χ0) is 18.3. The summed E-state index contributed by atoms with van der Waals surface area (Å²) in [4.78, 5) is 8.25. The highest BCUT2D eigenvalue weighted by molar-refractivity contribution is 7.80. The van der Waals surface area contributed by atoms with Gasteiger partial charge in [-0.3, -0.25) is 4.90 Å². The number of H-pyrrole nitrogens is 1. The number of thiocarbonyl (C=S) groups is 1. The molecular formula is C21H28N4S. The summed E-state index contributed by atoms with van der Waals surface area (Å²) in [7, 11) is 0. The van der Waals surface area contributed by atoms with Crippen molar-refractivity contribution in [3.05, 3.63) is 41.6 Å². The summed E-state index contributed by atoms with van der Waals surface area (Å²) in [5.74, 6) is 0. The standard InChI is InChI=1S/C21H28N4S/c1-4-24(5-2)21(26)23-15-11-17-16-8-7-9-18-20(16)14(12-22-18)10-19(17)25(6-3)13-15/h7-9,11-12,15,19,22H,4-6,10,13H2,1-3H3,(H,23,26)/t15-,19+/m0/s1. The van der Waals surface area contributed by atoms with Gasteiger partial charge in [-0.2, -0.15) is 0 Å². The molecule has 2 aliphatic rings. The van der Waals surface area contributed by atoms with Gasteiger partial charge in [-0.15, -0.1) is 0 Å². The predicted octanol–water partition coefficient (Wildman–Crippen LogP) is 3.40. The number of hydrogen-bond acceptors (Lipinski definition) is 2. The maximum Gasteiger partial charge on any atom is 0.169 e. The Morgan fingerprint density at radius 2 is 2.12 bits per heavy atom. The smallest absolute Gasteiger partial charge is 0.169 e. The first-order chi connectivity index (χ1) is 12.7. The van der Waals surface area contributed by atoms with Crippen LogP contribution in [0.3, 0.4) is 0 Å². The molecular weight excluding hydrogens is 340 g/mol. The monoisotopic (exact) mass is 368 g/mol. The average Bonchev–Trinajstić information content (AvgIpc) is 3.07. The van der Waals surface area contributed by atoms with Crippen LogP contribution >= 0.6 is 12.2 Å². The maximum atomic E-state index is 5.65. The number of benzene rings is 1. The number of nitrogens with zero attached hydrogens (tertiary/aromatic N) is 2. The van der Waals surface area contributed by atoms with E-state index in [1.54, 1.807) is 0 Å². The normalized spacial score (nSPS) is 22.0. The highest BCUT2D eigenvalue weighted by atomic mass is 32.1. The average molecular weight is 369 g/mol. The van der Waals surface area contributed by atoms with Gasteiger partial charge in [0.05, 0.1) is 6.04 Å². The number of hydrogen-bond donors (Lipinski definition) is 2. The molecule has 138 valence electrons. The van der Waals surface area contributed by atoms with Crippen LogP contribution in [0.5, 0.6) is 0 Å². The molecule has 0 bridgehead atoms. The summed E-state index contributed by atoms with van der Waals surface area (Å²) in [6.45, 7) is 10.5. The summed E-state index contributed by atoms with van der Waals surface area (Å²) in [6.07, 6.45) is 5.71. The van der Waals surface area contributed by atoms with E-state index in [1.807, 2.05) is 0 Å². The van der Waals surface area contributed by atoms with Crippen LogP contribution in [0.15, 0.2) is 30.5 Å². The highest BCUT2D eigenvalue weighted by Gasteiger charge is 2.34. The minimum atomic E-state index is 0.255. The third-order valence-electron chi connectivity index (χ3n) is 5.89. The van der Waals surface area contributed by atoms with Crippen molar-refractivity contribution in [2.24, 2.45) is 0 Å². The minimum absolute atomic E-state index is 0.255. The van der Waals surface area contributed by atoms with Crippen LogP contribution in [0.4, 0.5) is 0 Å². The van der Waals surface area contributed by atoms with Crippen molar-refractivity contribution < 1.29 is 0 Å². The number of aromatic nitrogens is 1. The van der Waals surface area contributed by atoms with Crippen molar-refractivity contribution in [3.63, 3.8) is 0 Å². The van der Waals surface area contributed by atoms with E-state index < -0.39 is 0 Å². The van der Waals surface area contributed by atoms with E-state index in [9.17, 15) is 0 Å². The lowest BCUT2D eigenvalue weighted by Gasteiger charge is -2.42. The van der Waals surface area contributed by atoms with E-state index in [0.717, 1.165) is 37.7 Å². The maximum absolute atomic E-state index is 5.65. The Labute approximate surface area is 161 Å². The van der Waals surface area contributed by atoms with Crippen LogP contribution in [-0.4, -0.2) is 58.2 Å². The lowest BCUT2D eigenvalue weighted by Crippen LogP contribution is -2.53. The Morgan fingerprint density at radius 3 is 2.85 bits per heavy atom. The van der Waals surface area contributed by atoms with Gasteiger partial charge in [-0.25, -0.2) is 0 Å². The van der Waals surface area contributed by atoms with Crippen molar-refractivity contribution >= 4 is 33.8 Å². The molecule has 0 saturated heterocycles. The molecule has 4 rings (SSSR count). The van der Waals surface area contributed by atoms with Crippen molar-refractivity contribution in [1.82, 2.24) is 20.1 Å². The molecule has 0 unspecified atom stereocenters. The first kappa shape index (κ1) is 17.6. The zero-order valence-corrected chi connectivity index (χ0v) is 16.7. The van der Waals surface area contributed by atoms with Crippen molar-refractivity contribution in [3.8, 4) is 0 Å². The fourth-order valence-electron chi connectivity index (χ4n) is 4.53. The number of aromatic amines is 1. The highest BCUT2D eigenvalue weighted by Crippen LogP contribution is 2.40. The molecule has 0 saturated carbocycles. The zero-order valence-electron chi connectivity index (χ0n) is 15.9. The second kappa shape index (κ2) is 7.05. The van der Waals surface area contributed by atoms with Gasteiger partial charge in [0.25, 0.3) is 0 Å². The second-order valence-corrected chi connectivity index (χ2v) is 7.59. The third kappa shape index (κ3) is 2.83. The molecule has 2 atom stereocenters. The Bertz CT molecular complexity index is 849. The van der Waals surface area contributed by atoms with Gasteiger partial charge in [0.2, 0.25) is 0 Å². The first-order valence-corrected chi connectivity index (χ1v) is 10.2. The molecule has 1 aromatic heterocycles. The fourth-order valence-corrected chi connectivity index (χ4v) is 4.94. The molecule has 4 nitrogen and oxygen atoms in total. The van der Waals surface area contributed by atoms with Gasteiger partial charge in [0.15, 0.2) is 5.11 Å². The van der Waals surface area contributed by atoms with Gasteiger partial charge >= 0.3 is 0 Å². The van der Waals surface area contributed by atoms with Gasteiger partial charge < -0.3 is 15.2 Å². The molecule has 1 aliphatic carbocycles. The molecule has 5 heteroatoms. The lowest BCUT2D eigenvalue weighted by molar-refractivity contribution is 0.223. The summed E-state index contributed by atoms with van der Waals surface area (Å²) in [5, 5.41) is 5.86. The molecule has 1 aromatic carbocycles. The molecule has 0 fully saturated rings. The molecule has 0 spiro atoms. The summed E-state index contributed by atoms with van der Waals surface area (Å²) >= 11 is 5.65. The summed E-state index contributed by atoms with van der Waals surface area (Å²) < 4.78 is 0.